The molecule has 0 saturated carbocycles. The van der Waals surface area contributed by atoms with E-state index in [4.69, 9.17) is 5.11 Å². The smallest absolute Gasteiger partial charge is 0.0647 e. The zero-order valence-electron chi connectivity index (χ0n) is 7.14. The summed E-state index contributed by atoms with van der Waals surface area (Å²) in [7, 11) is 0. The van der Waals surface area contributed by atoms with Crippen LogP contribution in [0.4, 0.5) is 0 Å². The lowest BCUT2D eigenvalue weighted by atomic mass is 9.92. The number of aliphatic hydroxyl groups excluding tert-OH is 1. The predicted octanol–water partition coefficient (Wildman–Crippen LogP) is 2.43. The van der Waals surface area contributed by atoms with Gasteiger partial charge in [-0.1, -0.05) is 12.2 Å². The molecule has 0 aromatic carbocycles. The third-order valence-corrected chi connectivity index (χ3v) is 2.19. The number of hydrogen-bond acceptors (Lipinski definition) is 1. The Hall–Kier alpha value is -0.560. The number of aliphatic hydroxyl groups is 1. The fourth-order valence-electron chi connectivity index (χ4n) is 1.57. The van der Waals surface area contributed by atoms with Crippen molar-refractivity contribution in [3.8, 4) is 0 Å². The van der Waals surface area contributed by atoms with Crippen LogP contribution in [-0.4, -0.2) is 11.7 Å². The highest BCUT2D eigenvalue weighted by molar-refractivity contribution is 5.27. The fraction of sp³-hybridized carbons (Fsp3) is 0.600. The van der Waals surface area contributed by atoms with Gasteiger partial charge in [-0.3, -0.25) is 0 Å². The Morgan fingerprint density at radius 3 is 2.73 bits per heavy atom. The summed E-state index contributed by atoms with van der Waals surface area (Å²) in [6.45, 7) is 2.27. The number of allylic oxidation sites excluding steroid dienone is 3. The summed E-state index contributed by atoms with van der Waals surface area (Å²) in [5.74, 6) is 0. The van der Waals surface area contributed by atoms with Gasteiger partial charge in [0.25, 0.3) is 0 Å². The van der Waals surface area contributed by atoms with Crippen molar-refractivity contribution < 1.29 is 5.11 Å². The van der Waals surface area contributed by atoms with Crippen molar-refractivity contribution in [2.75, 3.05) is 6.61 Å². The first kappa shape index (κ1) is 8.54. The average Bonchev–Trinajstić information content (AvgIpc) is 2.06. The van der Waals surface area contributed by atoms with Crippen molar-refractivity contribution in [1.29, 1.82) is 0 Å². The van der Waals surface area contributed by atoms with Gasteiger partial charge in [-0.15, -0.1) is 0 Å². The van der Waals surface area contributed by atoms with Crippen LogP contribution in [0.1, 0.15) is 32.6 Å². The van der Waals surface area contributed by atoms with E-state index in [1.165, 1.54) is 24.0 Å². The predicted molar refractivity (Wildman–Crippen MR) is 47.4 cm³/mol. The minimum absolute atomic E-state index is 0.250. The van der Waals surface area contributed by atoms with E-state index in [0.29, 0.717) is 0 Å². The topological polar surface area (TPSA) is 20.2 Å². The summed E-state index contributed by atoms with van der Waals surface area (Å²) in [6, 6.07) is 0. The second kappa shape index (κ2) is 4.35. The summed E-state index contributed by atoms with van der Waals surface area (Å²) in [6.07, 6.45) is 8.96. The van der Waals surface area contributed by atoms with Crippen LogP contribution < -0.4 is 0 Å². The molecule has 0 aromatic heterocycles. The molecule has 1 heteroatoms. The quantitative estimate of drug-likeness (QED) is 0.644. The Balaban J connectivity index is 2.72. The number of rotatable bonds is 2. The summed E-state index contributed by atoms with van der Waals surface area (Å²) in [4.78, 5) is 0. The molecule has 0 atom stereocenters. The van der Waals surface area contributed by atoms with Crippen molar-refractivity contribution in [2.45, 2.75) is 32.6 Å². The third kappa shape index (κ3) is 2.19. The lowest BCUT2D eigenvalue weighted by Crippen LogP contribution is -2.01. The van der Waals surface area contributed by atoms with Crippen molar-refractivity contribution >= 4 is 0 Å². The maximum absolute atomic E-state index is 9.00. The lowest BCUT2D eigenvalue weighted by molar-refractivity contribution is 0.321. The Bertz CT molecular complexity index is 177. The van der Waals surface area contributed by atoms with E-state index in [1.54, 1.807) is 0 Å². The van der Waals surface area contributed by atoms with Crippen molar-refractivity contribution in [3.63, 3.8) is 0 Å². The Morgan fingerprint density at radius 1 is 1.36 bits per heavy atom. The summed E-state index contributed by atoms with van der Waals surface area (Å²) >= 11 is 0. The molecule has 62 valence electrons. The molecule has 0 saturated heterocycles. The molecule has 1 aliphatic rings. The minimum Gasteiger partial charge on any atom is -0.392 e. The van der Waals surface area contributed by atoms with Crippen LogP contribution in [-0.2, 0) is 0 Å². The van der Waals surface area contributed by atoms with Crippen molar-refractivity contribution in [3.05, 3.63) is 23.3 Å². The molecule has 0 bridgehead atoms. The van der Waals surface area contributed by atoms with Gasteiger partial charge in [-0.2, -0.15) is 0 Å². The van der Waals surface area contributed by atoms with Gasteiger partial charge in [0.1, 0.15) is 0 Å². The maximum Gasteiger partial charge on any atom is 0.0647 e. The van der Waals surface area contributed by atoms with Gasteiger partial charge in [-0.05, 0) is 43.8 Å². The van der Waals surface area contributed by atoms with Crippen LogP contribution in [0.2, 0.25) is 0 Å². The van der Waals surface area contributed by atoms with E-state index in [2.05, 4.69) is 12.2 Å². The van der Waals surface area contributed by atoms with Crippen LogP contribution in [0.5, 0.6) is 0 Å². The molecule has 11 heavy (non-hydrogen) atoms. The summed E-state index contributed by atoms with van der Waals surface area (Å²) < 4.78 is 0. The molecule has 0 radical (unpaired) electrons. The summed E-state index contributed by atoms with van der Waals surface area (Å²) in [5.41, 5.74) is 2.61. The first-order valence-electron chi connectivity index (χ1n) is 4.33. The highest BCUT2D eigenvalue weighted by Gasteiger charge is 2.08. The Labute approximate surface area is 68.4 Å². The van der Waals surface area contributed by atoms with Crippen LogP contribution in [0.25, 0.3) is 0 Å². The largest absolute Gasteiger partial charge is 0.392 e. The zero-order valence-corrected chi connectivity index (χ0v) is 7.14. The van der Waals surface area contributed by atoms with E-state index < -0.39 is 0 Å². The van der Waals surface area contributed by atoms with Gasteiger partial charge < -0.3 is 5.11 Å². The van der Waals surface area contributed by atoms with Crippen LogP contribution in [0, 0.1) is 0 Å². The van der Waals surface area contributed by atoms with E-state index in [0.717, 1.165) is 12.8 Å². The first-order chi connectivity index (χ1) is 5.38. The van der Waals surface area contributed by atoms with Gasteiger partial charge in [0.05, 0.1) is 6.61 Å². The lowest BCUT2D eigenvalue weighted by Gasteiger charge is -2.15. The summed E-state index contributed by atoms with van der Waals surface area (Å²) in [5, 5.41) is 9.00. The van der Waals surface area contributed by atoms with E-state index >= 15 is 0 Å². The van der Waals surface area contributed by atoms with E-state index in [-0.39, 0.29) is 6.61 Å². The molecule has 0 fully saturated rings. The van der Waals surface area contributed by atoms with Crippen LogP contribution in [0.15, 0.2) is 23.3 Å². The molecule has 1 N–H and O–H groups in total. The Kier molecular flexibility index (Phi) is 3.37. The molecular formula is C10H16O. The van der Waals surface area contributed by atoms with E-state index in [1.807, 2.05) is 6.92 Å². The number of hydrogen-bond donors (Lipinski definition) is 1. The van der Waals surface area contributed by atoms with Crippen molar-refractivity contribution in [2.24, 2.45) is 0 Å². The third-order valence-electron chi connectivity index (χ3n) is 2.19. The molecule has 0 unspecified atom stereocenters. The molecule has 0 amide bonds. The SMILES string of the molecule is CC=CC1=C(CO)CCCC1. The molecule has 1 aliphatic carbocycles. The second-order valence-corrected chi connectivity index (χ2v) is 2.99. The first-order valence-corrected chi connectivity index (χ1v) is 4.33. The molecule has 0 spiro atoms. The average molecular weight is 152 g/mol. The minimum atomic E-state index is 0.250. The molecule has 1 rings (SSSR count). The monoisotopic (exact) mass is 152 g/mol. The van der Waals surface area contributed by atoms with Gasteiger partial charge >= 0.3 is 0 Å². The Morgan fingerprint density at radius 2 is 2.09 bits per heavy atom. The molecular weight excluding hydrogens is 136 g/mol. The molecule has 0 aromatic rings. The standard InChI is InChI=1S/C10H16O/c1-2-5-9-6-3-4-7-10(9)8-11/h2,5,11H,3-4,6-8H2,1H3. The fourth-order valence-corrected chi connectivity index (χ4v) is 1.57. The van der Waals surface area contributed by atoms with E-state index in [9.17, 15) is 0 Å². The van der Waals surface area contributed by atoms with Crippen LogP contribution >= 0.6 is 0 Å². The highest BCUT2D eigenvalue weighted by Crippen LogP contribution is 2.24. The molecule has 0 heterocycles. The van der Waals surface area contributed by atoms with Gasteiger partial charge in [0, 0.05) is 0 Å². The maximum atomic E-state index is 9.00. The zero-order chi connectivity index (χ0) is 8.10. The van der Waals surface area contributed by atoms with Crippen molar-refractivity contribution in [1.82, 2.24) is 0 Å². The second-order valence-electron chi connectivity index (χ2n) is 2.99. The molecule has 0 aliphatic heterocycles. The normalized spacial score (nSPS) is 19.8. The van der Waals surface area contributed by atoms with Crippen LogP contribution in [0.3, 0.4) is 0 Å². The molecule has 1 nitrogen and oxygen atoms in total. The van der Waals surface area contributed by atoms with Gasteiger partial charge in [0.15, 0.2) is 0 Å². The van der Waals surface area contributed by atoms with Gasteiger partial charge in [0.2, 0.25) is 0 Å². The van der Waals surface area contributed by atoms with Gasteiger partial charge in [-0.25, -0.2) is 0 Å². The highest BCUT2D eigenvalue weighted by atomic mass is 16.3.